The summed E-state index contributed by atoms with van der Waals surface area (Å²) in [6.07, 6.45) is 0.948. The van der Waals surface area contributed by atoms with Gasteiger partial charge in [0.1, 0.15) is 0 Å². The summed E-state index contributed by atoms with van der Waals surface area (Å²) in [5.74, 6) is 2.10. The summed E-state index contributed by atoms with van der Waals surface area (Å²) in [6.45, 7) is 1.54. The summed E-state index contributed by atoms with van der Waals surface area (Å²) >= 11 is 1.25. The number of aromatic nitrogens is 5. The van der Waals surface area contributed by atoms with Gasteiger partial charge in [0.25, 0.3) is 5.89 Å². The Morgan fingerprint density at radius 1 is 1.38 bits per heavy atom. The number of nitrogens with zero attached hydrogens (tertiary/aromatic N) is 5. The first-order valence-electron chi connectivity index (χ1n) is 6.39. The van der Waals surface area contributed by atoms with Gasteiger partial charge in [-0.05, 0) is 11.5 Å². The van der Waals surface area contributed by atoms with Crippen LogP contribution in [0.2, 0.25) is 0 Å². The van der Waals surface area contributed by atoms with Crippen LogP contribution in [0.4, 0.5) is 0 Å². The van der Waals surface area contributed by atoms with Gasteiger partial charge >= 0.3 is 0 Å². The Labute approximate surface area is 123 Å². The zero-order valence-electron chi connectivity index (χ0n) is 11.1. The van der Waals surface area contributed by atoms with Gasteiger partial charge in [-0.3, -0.25) is 0 Å². The number of rotatable bonds is 3. The number of hydrogen-bond acceptors (Lipinski definition) is 8. The minimum Gasteiger partial charge on any atom is -0.480 e. The molecule has 0 radical (unpaired) electrons. The first-order valence-corrected chi connectivity index (χ1v) is 7.16. The molecule has 0 spiro atoms. The van der Waals surface area contributed by atoms with E-state index in [0.717, 1.165) is 23.7 Å². The standard InChI is InChI=1S/C12H11N5O3S/c1-18-9-6-8(21-16-9)11-13-12(20-15-11)7-5-10-17(14-7)3-2-4-19-10/h5-6H,2-4H2,1H3. The van der Waals surface area contributed by atoms with Gasteiger partial charge in [0.05, 0.1) is 18.6 Å². The van der Waals surface area contributed by atoms with Gasteiger partial charge in [-0.2, -0.15) is 14.5 Å². The van der Waals surface area contributed by atoms with Crippen molar-refractivity contribution in [2.75, 3.05) is 13.7 Å². The van der Waals surface area contributed by atoms with Gasteiger partial charge in [0.15, 0.2) is 5.69 Å². The van der Waals surface area contributed by atoms with E-state index in [9.17, 15) is 0 Å². The van der Waals surface area contributed by atoms with Gasteiger partial charge in [0, 0.05) is 25.1 Å². The minimum atomic E-state index is 0.364. The van der Waals surface area contributed by atoms with Crippen LogP contribution in [0.1, 0.15) is 6.42 Å². The molecule has 0 N–H and O–H groups in total. The van der Waals surface area contributed by atoms with Crippen molar-refractivity contribution < 1.29 is 14.0 Å². The Bertz CT molecular complexity index is 754. The number of fused-ring (bicyclic) bond motifs is 1. The lowest BCUT2D eigenvalue weighted by Crippen LogP contribution is -2.14. The molecule has 4 rings (SSSR count). The summed E-state index contributed by atoms with van der Waals surface area (Å²) in [5, 5.41) is 8.36. The normalized spacial score (nSPS) is 13.8. The molecule has 8 nitrogen and oxygen atoms in total. The van der Waals surface area contributed by atoms with E-state index >= 15 is 0 Å². The van der Waals surface area contributed by atoms with Crippen molar-refractivity contribution in [1.29, 1.82) is 0 Å². The highest BCUT2D eigenvalue weighted by Gasteiger charge is 2.19. The van der Waals surface area contributed by atoms with Crippen molar-refractivity contribution in [3.63, 3.8) is 0 Å². The highest BCUT2D eigenvalue weighted by molar-refractivity contribution is 7.09. The lowest BCUT2D eigenvalue weighted by molar-refractivity contribution is 0.230. The number of aryl methyl sites for hydroxylation is 1. The largest absolute Gasteiger partial charge is 0.480 e. The van der Waals surface area contributed by atoms with Crippen LogP contribution in [-0.4, -0.2) is 38.0 Å². The fourth-order valence-electron chi connectivity index (χ4n) is 2.06. The number of hydrogen-bond donors (Lipinski definition) is 0. The second-order valence-electron chi connectivity index (χ2n) is 4.45. The molecule has 0 bridgehead atoms. The number of ether oxygens (including phenoxy) is 2. The highest BCUT2D eigenvalue weighted by atomic mass is 32.1. The maximum Gasteiger partial charge on any atom is 0.278 e. The van der Waals surface area contributed by atoms with Crippen LogP contribution in [0.25, 0.3) is 22.3 Å². The molecule has 4 heterocycles. The van der Waals surface area contributed by atoms with Crippen molar-refractivity contribution >= 4 is 11.5 Å². The molecule has 3 aromatic heterocycles. The van der Waals surface area contributed by atoms with Gasteiger partial charge in [0.2, 0.25) is 17.6 Å². The van der Waals surface area contributed by atoms with Crippen LogP contribution in [0, 0.1) is 0 Å². The third kappa shape index (κ3) is 2.15. The summed E-state index contributed by atoms with van der Waals surface area (Å²) in [7, 11) is 1.57. The van der Waals surface area contributed by atoms with Crippen LogP contribution in [0.5, 0.6) is 11.8 Å². The molecule has 3 aromatic rings. The van der Waals surface area contributed by atoms with Gasteiger partial charge in [-0.1, -0.05) is 5.16 Å². The van der Waals surface area contributed by atoms with E-state index in [2.05, 4.69) is 19.6 Å². The molecule has 0 saturated heterocycles. The SMILES string of the molecule is COc1cc(-c2noc(-c3cc4n(n3)CCCO4)n2)sn1. The Morgan fingerprint density at radius 2 is 2.33 bits per heavy atom. The third-order valence-electron chi connectivity index (χ3n) is 3.07. The molecule has 0 aliphatic carbocycles. The van der Waals surface area contributed by atoms with Crippen molar-refractivity contribution in [2.45, 2.75) is 13.0 Å². The van der Waals surface area contributed by atoms with Crippen molar-refractivity contribution in [3.05, 3.63) is 12.1 Å². The zero-order valence-corrected chi connectivity index (χ0v) is 12.0. The molecule has 21 heavy (non-hydrogen) atoms. The molecule has 0 amide bonds. The van der Waals surface area contributed by atoms with E-state index in [1.54, 1.807) is 17.9 Å². The maximum atomic E-state index is 5.52. The smallest absolute Gasteiger partial charge is 0.278 e. The Morgan fingerprint density at radius 3 is 3.14 bits per heavy atom. The van der Waals surface area contributed by atoms with E-state index in [4.69, 9.17) is 14.0 Å². The molecule has 0 aromatic carbocycles. The van der Waals surface area contributed by atoms with E-state index in [1.807, 2.05) is 6.07 Å². The Balaban J connectivity index is 1.66. The minimum absolute atomic E-state index is 0.364. The van der Waals surface area contributed by atoms with E-state index in [1.165, 1.54) is 11.5 Å². The lowest BCUT2D eigenvalue weighted by atomic mass is 10.4. The van der Waals surface area contributed by atoms with Crippen LogP contribution < -0.4 is 9.47 Å². The summed E-state index contributed by atoms with van der Waals surface area (Å²) in [5.41, 5.74) is 0.613. The molecule has 1 aliphatic rings. The van der Waals surface area contributed by atoms with Crippen LogP contribution in [0.15, 0.2) is 16.7 Å². The monoisotopic (exact) mass is 305 g/mol. The first kappa shape index (κ1) is 12.3. The second kappa shape index (κ2) is 4.85. The first-order chi connectivity index (χ1) is 10.3. The zero-order chi connectivity index (χ0) is 14.2. The third-order valence-corrected chi connectivity index (χ3v) is 3.84. The summed E-state index contributed by atoms with van der Waals surface area (Å²) < 4.78 is 21.7. The van der Waals surface area contributed by atoms with Crippen molar-refractivity contribution in [3.8, 4) is 34.0 Å². The average molecular weight is 305 g/mol. The Hall–Kier alpha value is -2.42. The fraction of sp³-hybridized carbons (Fsp3) is 0.333. The molecule has 9 heteroatoms. The molecule has 0 fully saturated rings. The summed E-state index contributed by atoms with van der Waals surface area (Å²) in [6, 6.07) is 3.57. The highest BCUT2D eigenvalue weighted by Crippen LogP contribution is 2.29. The molecular weight excluding hydrogens is 294 g/mol. The molecule has 0 unspecified atom stereocenters. The molecule has 108 valence electrons. The molecule has 0 saturated carbocycles. The predicted octanol–water partition coefficient (Wildman–Crippen LogP) is 1.85. The van der Waals surface area contributed by atoms with Gasteiger partial charge in [-0.25, -0.2) is 4.68 Å². The van der Waals surface area contributed by atoms with Crippen molar-refractivity contribution in [1.82, 2.24) is 24.3 Å². The van der Waals surface area contributed by atoms with Gasteiger partial charge in [-0.15, -0.1) is 0 Å². The van der Waals surface area contributed by atoms with E-state index in [0.29, 0.717) is 29.9 Å². The molecular formula is C12H11N5O3S. The van der Waals surface area contributed by atoms with Crippen LogP contribution in [-0.2, 0) is 6.54 Å². The Kier molecular flexibility index (Phi) is 2.85. The second-order valence-corrected chi connectivity index (χ2v) is 5.25. The maximum absolute atomic E-state index is 5.52. The van der Waals surface area contributed by atoms with Gasteiger partial charge < -0.3 is 14.0 Å². The van der Waals surface area contributed by atoms with Crippen molar-refractivity contribution in [2.24, 2.45) is 0 Å². The average Bonchev–Trinajstić information content (AvgIpc) is 3.24. The quantitative estimate of drug-likeness (QED) is 0.729. The van der Waals surface area contributed by atoms with Crippen LogP contribution >= 0.6 is 11.5 Å². The predicted molar refractivity (Wildman–Crippen MR) is 73.3 cm³/mol. The topological polar surface area (TPSA) is 88.1 Å². The van der Waals surface area contributed by atoms with E-state index < -0.39 is 0 Å². The summed E-state index contributed by atoms with van der Waals surface area (Å²) in [4.78, 5) is 5.13. The lowest BCUT2D eigenvalue weighted by Gasteiger charge is -2.13. The van der Waals surface area contributed by atoms with Crippen LogP contribution in [0.3, 0.4) is 0 Å². The number of methoxy groups -OCH3 is 1. The molecule has 1 aliphatic heterocycles. The fourth-order valence-corrected chi connectivity index (χ4v) is 2.69. The molecule has 0 atom stereocenters. The van der Waals surface area contributed by atoms with E-state index in [-0.39, 0.29) is 0 Å².